The van der Waals surface area contributed by atoms with Crippen LogP contribution >= 0.6 is 12.2 Å². The molecule has 0 bridgehead atoms. The minimum Gasteiger partial charge on any atom is -0.352 e. The average Bonchev–Trinajstić information content (AvgIpc) is 3.18. The summed E-state index contributed by atoms with van der Waals surface area (Å²) in [6, 6.07) is 9.04. The SMILES string of the molecule is CCCCN1C(=S)N[C@@H](c2ccccn2)[C@H]1c1ccn(C(C)C)c1. The van der Waals surface area contributed by atoms with E-state index in [4.69, 9.17) is 12.2 Å². The molecule has 2 atom stereocenters. The number of pyridine rings is 1. The predicted octanol–water partition coefficient (Wildman–Crippen LogP) is 4.24. The van der Waals surface area contributed by atoms with Crippen molar-refractivity contribution < 1.29 is 0 Å². The van der Waals surface area contributed by atoms with Crippen molar-refractivity contribution >= 4 is 17.3 Å². The summed E-state index contributed by atoms with van der Waals surface area (Å²) in [7, 11) is 0. The van der Waals surface area contributed by atoms with E-state index in [9.17, 15) is 0 Å². The quantitative estimate of drug-likeness (QED) is 0.796. The largest absolute Gasteiger partial charge is 0.352 e. The first-order chi connectivity index (χ1) is 11.6. The van der Waals surface area contributed by atoms with Crippen molar-refractivity contribution in [2.45, 2.75) is 51.7 Å². The van der Waals surface area contributed by atoms with Gasteiger partial charge in [-0.2, -0.15) is 0 Å². The molecule has 1 N–H and O–H groups in total. The van der Waals surface area contributed by atoms with Crippen LogP contribution in [-0.2, 0) is 0 Å². The molecule has 2 aromatic rings. The summed E-state index contributed by atoms with van der Waals surface area (Å²) in [6.07, 6.45) is 8.56. The van der Waals surface area contributed by atoms with Gasteiger partial charge in [-0.3, -0.25) is 4.98 Å². The molecule has 24 heavy (non-hydrogen) atoms. The number of nitrogens with zero attached hydrogens (tertiary/aromatic N) is 3. The summed E-state index contributed by atoms with van der Waals surface area (Å²) >= 11 is 5.65. The summed E-state index contributed by atoms with van der Waals surface area (Å²) in [5, 5.41) is 4.34. The van der Waals surface area contributed by atoms with Crippen LogP contribution in [0.25, 0.3) is 0 Å². The van der Waals surface area contributed by atoms with Gasteiger partial charge in [-0.15, -0.1) is 0 Å². The second kappa shape index (κ2) is 7.34. The van der Waals surface area contributed by atoms with Crippen LogP contribution in [-0.4, -0.2) is 26.1 Å². The van der Waals surface area contributed by atoms with E-state index < -0.39 is 0 Å². The second-order valence-electron chi connectivity index (χ2n) is 6.66. The molecule has 128 valence electrons. The fraction of sp³-hybridized carbons (Fsp3) is 0.474. The molecule has 0 spiro atoms. The molecule has 0 aliphatic carbocycles. The van der Waals surface area contributed by atoms with Gasteiger partial charge in [-0.1, -0.05) is 19.4 Å². The molecule has 0 aromatic carbocycles. The smallest absolute Gasteiger partial charge is 0.170 e. The van der Waals surface area contributed by atoms with Crippen LogP contribution in [0.2, 0.25) is 0 Å². The van der Waals surface area contributed by atoms with Crippen LogP contribution < -0.4 is 5.32 Å². The Morgan fingerprint density at radius 3 is 2.75 bits per heavy atom. The molecule has 1 saturated heterocycles. The molecule has 1 aliphatic rings. The Morgan fingerprint density at radius 1 is 1.29 bits per heavy atom. The van der Waals surface area contributed by atoms with Crippen molar-refractivity contribution in [1.82, 2.24) is 19.8 Å². The van der Waals surface area contributed by atoms with Crippen LogP contribution in [0.5, 0.6) is 0 Å². The number of hydrogen-bond donors (Lipinski definition) is 1. The molecule has 0 unspecified atom stereocenters. The monoisotopic (exact) mass is 342 g/mol. The Balaban J connectivity index is 1.96. The first-order valence-electron chi connectivity index (χ1n) is 8.77. The van der Waals surface area contributed by atoms with E-state index in [2.05, 4.69) is 65.1 Å². The topological polar surface area (TPSA) is 33.1 Å². The molecule has 3 rings (SSSR count). The molecular weight excluding hydrogens is 316 g/mol. The van der Waals surface area contributed by atoms with E-state index in [1.54, 1.807) is 0 Å². The molecular formula is C19H26N4S. The van der Waals surface area contributed by atoms with Gasteiger partial charge in [-0.25, -0.2) is 0 Å². The molecule has 0 radical (unpaired) electrons. The number of hydrogen-bond acceptors (Lipinski definition) is 2. The van der Waals surface area contributed by atoms with E-state index in [1.807, 2.05) is 18.3 Å². The van der Waals surface area contributed by atoms with Crippen LogP contribution in [0, 0.1) is 0 Å². The van der Waals surface area contributed by atoms with Gasteiger partial charge >= 0.3 is 0 Å². The maximum atomic E-state index is 5.65. The normalized spacial score (nSPS) is 20.7. The zero-order chi connectivity index (χ0) is 17.1. The third-order valence-corrected chi connectivity index (χ3v) is 4.98. The van der Waals surface area contributed by atoms with Gasteiger partial charge in [0.25, 0.3) is 0 Å². The van der Waals surface area contributed by atoms with Gasteiger partial charge in [-0.05, 0) is 56.2 Å². The molecule has 3 heterocycles. The van der Waals surface area contributed by atoms with Crippen LogP contribution in [0.4, 0.5) is 0 Å². The molecule has 5 heteroatoms. The Morgan fingerprint density at radius 2 is 2.12 bits per heavy atom. The Hall–Kier alpha value is -1.88. The summed E-state index contributed by atoms with van der Waals surface area (Å²) in [6.45, 7) is 7.59. The lowest BCUT2D eigenvalue weighted by Crippen LogP contribution is -2.30. The van der Waals surface area contributed by atoms with Gasteiger partial charge < -0.3 is 14.8 Å². The third-order valence-electron chi connectivity index (χ3n) is 4.63. The van der Waals surface area contributed by atoms with Crippen molar-refractivity contribution in [3.8, 4) is 0 Å². The lowest BCUT2D eigenvalue weighted by atomic mass is 9.99. The van der Waals surface area contributed by atoms with Gasteiger partial charge in [0.05, 0.1) is 17.8 Å². The Kier molecular flexibility index (Phi) is 5.19. The summed E-state index contributed by atoms with van der Waals surface area (Å²) in [4.78, 5) is 6.90. The van der Waals surface area contributed by atoms with E-state index >= 15 is 0 Å². The van der Waals surface area contributed by atoms with Crippen molar-refractivity contribution in [1.29, 1.82) is 0 Å². The van der Waals surface area contributed by atoms with Crippen LogP contribution in [0.1, 0.15) is 63.0 Å². The maximum Gasteiger partial charge on any atom is 0.170 e. The molecule has 1 aliphatic heterocycles. The molecule has 2 aromatic heterocycles. The van der Waals surface area contributed by atoms with Crippen molar-refractivity contribution in [2.24, 2.45) is 0 Å². The fourth-order valence-corrected chi connectivity index (χ4v) is 3.60. The van der Waals surface area contributed by atoms with E-state index in [0.717, 1.165) is 30.2 Å². The highest BCUT2D eigenvalue weighted by Gasteiger charge is 2.39. The molecule has 0 amide bonds. The molecule has 4 nitrogen and oxygen atoms in total. The molecule has 0 saturated carbocycles. The zero-order valence-electron chi connectivity index (χ0n) is 14.6. The Labute approximate surface area is 149 Å². The van der Waals surface area contributed by atoms with Crippen molar-refractivity contribution in [3.05, 3.63) is 54.1 Å². The Bertz CT molecular complexity index is 680. The van der Waals surface area contributed by atoms with E-state index in [1.165, 1.54) is 5.56 Å². The minimum atomic E-state index is 0.0959. The summed E-state index contributed by atoms with van der Waals surface area (Å²) < 4.78 is 2.25. The van der Waals surface area contributed by atoms with E-state index in [0.29, 0.717) is 6.04 Å². The minimum absolute atomic E-state index is 0.0959. The second-order valence-corrected chi connectivity index (χ2v) is 7.05. The first kappa shape index (κ1) is 17.0. The van der Waals surface area contributed by atoms with Gasteiger partial charge in [0.1, 0.15) is 0 Å². The summed E-state index contributed by atoms with van der Waals surface area (Å²) in [5.41, 5.74) is 2.34. The maximum absolute atomic E-state index is 5.65. The predicted molar refractivity (Wildman–Crippen MR) is 102 cm³/mol. The number of rotatable bonds is 6. The number of thiocarbonyl (C=S) groups is 1. The summed E-state index contributed by atoms with van der Waals surface area (Å²) in [5.74, 6) is 0. The zero-order valence-corrected chi connectivity index (χ0v) is 15.5. The lowest BCUT2D eigenvalue weighted by molar-refractivity contribution is 0.312. The molecule has 1 fully saturated rings. The van der Waals surface area contributed by atoms with Gasteiger partial charge in [0.15, 0.2) is 5.11 Å². The highest BCUT2D eigenvalue weighted by molar-refractivity contribution is 7.80. The van der Waals surface area contributed by atoms with Crippen molar-refractivity contribution in [2.75, 3.05) is 6.54 Å². The lowest BCUT2D eigenvalue weighted by Gasteiger charge is -2.27. The number of aromatic nitrogens is 2. The fourth-order valence-electron chi connectivity index (χ4n) is 3.26. The standard InChI is InChI=1S/C19H26N4S/c1-4-5-11-23-18(15-9-12-22(13-15)14(2)3)17(21-19(23)24)16-8-6-7-10-20-16/h6-10,12-14,17-18H,4-5,11H2,1-3H3,(H,21,24)/t17-,18+/m0/s1. The highest BCUT2D eigenvalue weighted by atomic mass is 32.1. The van der Waals surface area contributed by atoms with Gasteiger partial charge in [0, 0.05) is 31.2 Å². The van der Waals surface area contributed by atoms with E-state index in [-0.39, 0.29) is 12.1 Å². The average molecular weight is 343 g/mol. The highest BCUT2D eigenvalue weighted by Crippen LogP contribution is 2.38. The first-order valence-corrected chi connectivity index (χ1v) is 9.18. The van der Waals surface area contributed by atoms with Gasteiger partial charge in [0.2, 0.25) is 0 Å². The van der Waals surface area contributed by atoms with Crippen LogP contribution in [0.3, 0.4) is 0 Å². The van der Waals surface area contributed by atoms with Crippen molar-refractivity contribution in [3.63, 3.8) is 0 Å². The number of nitrogens with one attached hydrogen (secondary N) is 1. The van der Waals surface area contributed by atoms with Crippen LogP contribution in [0.15, 0.2) is 42.9 Å². The third kappa shape index (κ3) is 3.31. The number of unbranched alkanes of at least 4 members (excludes halogenated alkanes) is 1.